The van der Waals surface area contributed by atoms with Crippen LogP contribution in [0.2, 0.25) is 0 Å². The van der Waals surface area contributed by atoms with E-state index in [1.165, 1.54) is 60.3 Å². The number of morpholine rings is 1. The Morgan fingerprint density at radius 3 is 2.59 bits per heavy atom. The van der Waals surface area contributed by atoms with E-state index in [0.717, 1.165) is 45.0 Å². The minimum Gasteiger partial charge on any atom is -0.378 e. The average molecular weight is 364 g/mol. The van der Waals surface area contributed by atoms with E-state index in [2.05, 4.69) is 36.1 Å². The molecule has 3 aliphatic rings. The molecule has 0 N–H and O–H groups in total. The maximum Gasteiger partial charge on any atom is 0.136 e. The summed E-state index contributed by atoms with van der Waals surface area (Å²) in [4.78, 5) is 12.7. The molecule has 2 heterocycles. The number of aryl methyl sites for hydroxylation is 1. The van der Waals surface area contributed by atoms with E-state index in [9.17, 15) is 0 Å². The summed E-state index contributed by atoms with van der Waals surface area (Å²) in [5.74, 6) is 2.18. The number of aromatic nitrogens is 2. The lowest BCUT2D eigenvalue weighted by atomic mass is 9.62. The van der Waals surface area contributed by atoms with Crippen molar-refractivity contribution in [2.75, 3.05) is 31.2 Å². The van der Waals surface area contributed by atoms with Crippen molar-refractivity contribution in [3.05, 3.63) is 41.2 Å². The third-order valence-electron chi connectivity index (χ3n) is 6.71. The monoisotopic (exact) mass is 363 g/mol. The molecule has 1 saturated heterocycles. The van der Waals surface area contributed by atoms with Gasteiger partial charge in [-0.1, -0.05) is 50.5 Å². The number of hydrogen-bond donors (Lipinski definition) is 0. The highest BCUT2D eigenvalue weighted by molar-refractivity contribution is 5.77. The number of benzene rings is 1. The summed E-state index contributed by atoms with van der Waals surface area (Å²) in [7, 11) is 0. The van der Waals surface area contributed by atoms with E-state index in [1.807, 2.05) is 0 Å². The Morgan fingerprint density at radius 1 is 1.04 bits per heavy atom. The first-order chi connectivity index (χ1) is 13.3. The van der Waals surface area contributed by atoms with Gasteiger partial charge in [-0.2, -0.15) is 0 Å². The van der Waals surface area contributed by atoms with Crippen LogP contribution in [0.15, 0.2) is 24.3 Å². The van der Waals surface area contributed by atoms with Gasteiger partial charge in [-0.3, -0.25) is 0 Å². The number of nitrogens with zero attached hydrogens (tertiary/aromatic N) is 3. The van der Waals surface area contributed by atoms with Gasteiger partial charge in [0.25, 0.3) is 0 Å². The fourth-order valence-electron chi connectivity index (χ4n) is 5.35. The first kappa shape index (κ1) is 17.2. The SMILES string of the molecule is CCc1nc2c(c(N3CCOCC3)n1)C1(CCCCC1)Cc1ccccc1-2. The van der Waals surface area contributed by atoms with Crippen molar-refractivity contribution in [3.63, 3.8) is 0 Å². The lowest BCUT2D eigenvalue weighted by molar-refractivity contribution is 0.122. The number of fused-ring (bicyclic) bond motifs is 4. The Morgan fingerprint density at radius 2 is 1.81 bits per heavy atom. The quantitative estimate of drug-likeness (QED) is 0.797. The van der Waals surface area contributed by atoms with Crippen LogP contribution in [-0.4, -0.2) is 36.3 Å². The van der Waals surface area contributed by atoms with E-state index in [0.29, 0.717) is 0 Å². The first-order valence-electron chi connectivity index (χ1n) is 10.6. The minimum absolute atomic E-state index is 0.210. The van der Waals surface area contributed by atoms with Gasteiger partial charge in [-0.15, -0.1) is 0 Å². The standard InChI is InChI=1S/C23H29N3O/c1-2-19-24-21-18-9-5-4-8-17(18)16-23(10-6-3-7-11-23)20(21)22(25-19)26-12-14-27-15-13-26/h4-5,8-9H,2-3,6-7,10-16H2,1H3. The number of anilines is 1. The van der Waals surface area contributed by atoms with E-state index in [-0.39, 0.29) is 5.41 Å². The fraction of sp³-hybridized carbons (Fsp3) is 0.565. The number of ether oxygens (including phenoxy) is 1. The van der Waals surface area contributed by atoms with Gasteiger partial charge in [-0.25, -0.2) is 9.97 Å². The molecule has 1 spiro atoms. The highest BCUT2D eigenvalue weighted by atomic mass is 16.5. The molecular formula is C23H29N3O. The molecule has 1 aromatic heterocycles. The highest BCUT2D eigenvalue weighted by Crippen LogP contribution is 2.52. The molecule has 0 bridgehead atoms. The van der Waals surface area contributed by atoms with Crippen LogP contribution >= 0.6 is 0 Å². The zero-order chi connectivity index (χ0) is 18.3. The zero-order valence-electron chi connectivity index (χ0n) is 16.3. The van der Waals surface area contributed by atoms with Crippen LogP contribution in [0.25, 0.3) is 11.3 Å². The van der Waals surface area contributed by atoms with Crippen LogP contribution in [-0.2, 0) is 23.0 Å². The van der Waals surface area contributed by atoms with E-state index < -0.39 is 0 Å². The Kier molecular flexibility index (Phi) is 4.39. The van der Waals surface area contributed by atoms with Crippen LogP contribution in [0.1, 0.15) is 56.0 Å². The predicted octanol–water partition coefficient (Wildman–Crippen LogP) is 4.30. The van der Waals surface area contributed by atoms with Crippen LogP contribution in [0.3, 0.4) is 0 Å². The molecule has 0 radical (unpaired) electrons. The van der Waals surface area contributed by atoms with Gasteiger partial charge in [0.05, 0.1) is 18.9 Å². The highest BCUT2D eigenvalue weighted by Gasteiger charge is 2.43. The molecule has 27 heavy (non-hydrogen) atoms. The summed E-state index contributed by atoms with van der Waals surface area (Å²) in [5, 5.41) is 0. The maximum atomic E-state index is 5.63. The molecular weight excluding hydrogens is 334 g/mol. The summed E-state index contributed by atoms with van der Waals surface area (Å²) in [6, 6.07) is 8.92. The molecule has 4 nitrogen and oxygen atoms in total. The van der Waals surface area contributed by atoms with Gasteiger partial charge >= 0.3 is 0 Å². The molecule has 142 valence electrons. The van der Waals surface area contributed by atoms with Gasteiger partial charge < -0.3 is 9.64 Å². The van der Waals surface area contributed by atoms with Gasteiger partial charge in [0.15, 0.2) is 0 Å². The second-order valence-electron chi connectivity index (χ2n) is 8.31. The maximum absolute atomic E-state index is 5.63. The average Bonchev–Trinajstić information content (AvgIpc) is 2.74. The van der Waals surface area contributed by atoms with Crippen molar-refractivity contribution in [3.8, 4) is 11.3 Å². The Labute approximate surface area is 162 Å². The molecule has 1 aromatic carbocycles. The largest absolute Gasteiger partial charge is 0.378 e. The molecule has 5 rings (SSSR count). The van der Waals surface area contributed by atoms with Crippen molar-refractivity contribution < 1.29 is 4.74 Å². The minimum atomic E-state index is 0.210. The van der Waals surface area contributed by atoms with Crippen molar-refractivity contribution in [2.45, 2.75) is 57.3 Å². The topological polar surface area (TPSA) is 38.2 Å². The van der Waals surface area contributed by atoms with Gasteiger partial charge in [-0.05, 0) is 24.8 Å². The van der Waals surface area contributed by atoms with Gasteiger partial charge in [0.1, 0.15) is 11.6 Å². The van der Waals surface area contributed by atoms with Gasteiger partial charge in [0.2, 0.25) is 0 Å². The molecule has 0 atom stereocenters. The van der Waals surface area contributed by atoms with Crippen molar-refractivity contribution in [1.82, 2.24) is 9.97 Å². The summed E-state index contributed by atoms with van der Waals surface area (Å²) in [5.41, 5.74) is 5.67. The molecule has 2 aromatic rings. The van der Waals surface area contributed by atoms with Crippen molar-refractivity contribution in [1.29, 1.82) is 0 Å². The molecule has 0 unspecified atom stereocenters. The summed E-state index contributed by atoms with van der Waals surface area (Å²) < 4.78 is 5.63. The first-order valence-corrected chi connectivity index (χ1v) is 10.6. The van der Waals surface area contributed by atoms with Crippen molar-refractivity contribution in [2.24, 2.45) is 0 Å². The zero-order valence-corrected chi connectivity index (χ0v) is 16.3. The molecule has 2 aliphatic carbocycles. The lowest BCUT2D eigenvalue weighted by Gasteiger charge is -2.45. The third kappa shape index (κ3) is 2.85. The Balaban J connectivity index is 1.76. The van der Waals surface area contributed by atoms with Crippen LogP contribution in [0.4, 0.5) is 5.82 Å². The molecule has 2 fully saturated rings. The van der Waals surface area contributed by atoms with Crippen molar-refractivity contribution >= 4 is 5.82 Å². The number of hydrogen-bond acceptors (Lipinski definition) is 4. The smallest absolute Gasteiger partial charge is 0.136 e. The summed E-state index contributed by atoms with van der Waals surface area (Å²) in [6.07, 6.45) is 8.54. The summed E-state index contributed by atoms with van der Waals surface area (Å²) in [6.45, 7) is 5.62. The van der Waals surface area contributed by atoms with Crippen LogP contribution in [0, 0.1) is 0 Å². The summed E-state index contributed by atoms with van der Waals surface area (Å²) >= 11 is 0. The van der Waals surface area contributed by atoms with Crippen LogP contribution in [0.5, 0.6) is 0 Å². The van der Waals surface area contributed by atoms with E-state index >= 15 is 0 Å². The van der Waals surface area contributed by atoms with E-state index in [1.54, 1.807) is 0 Å². The van der Waals surface area contributed by atoms with Gasteiger partial charge in [0, 0.05) is 36.1 Å². The second kappa shape index (κ2) is 6.90. The normalized spacial score (nSPS) is 21.0. The third-order valence-corrected chi connectivity index (χ3v) is 6.71. The predicted molar refractivity (Wildman–Crippen MR) is 108 cm³/mol. The Hall–Kier alpha value is -1.94. The lowest BCUT2D eigenvalue weighted by Crippen LogP contribution is -2.42. The second-order valence-corrected chi connectivity index (χ2v) is 8.31. The Bertz CT molecular complexity index is 836. The molecule has 0 amide bonds. The number of rotatable bonds is 2. The van der Waals surface area contributed by atoms with Crippen LogP contribution < -0.4 is 4.90 Å². The molecule has 1 saturated carbocycles. The molecule has 4 heteroatoms. The van der Waals surface area contributed by atoms with E-state index in [4.69, 9.17) is 14.7 Å². The fourth-order valence-corrected chi connectivity index (χ4v) is 5.35. The molecule has 1 aliphatic heterocycles.